The van der Waals surface area contributed by atoms with Gasteiger partial charge in [0.15, 0.2) is 0 Å². The molecule has 0 aromatic heterocycles. The normalized spacial score (nSPS) is 18.3. The van der Waals surface area contributed by atoms with Crippen molar-refractivity contribution in [3.63, 3.8) is 0 Å². The summed E-state index contributed by atoms with van der Waals surface area (Å²) in [6.07, 6.45) is 6.07. The van der Waals surface area contributed by atoms with Crippen molar-refractivity contribution >= 4 is 0 Å². The minimum absolute atomic E-state index is 0.208. The summed E-state index contributed by atoms with van der Waals surface area (Å²) in [6.45, 7) is 2.95. The molecule has 0 atom stereocenters. The number of methoxy groups -OCH3 is 1. The van der Waals surface area contributed by atoms with Crippen molar-refractivity contribution in [3.05, 3.63) is 29.3 Å². The van der Waals surface area contributed by atoms with Crippen molar-refractivity contribution in [2.24, 2.45) is 5.73 Å². The Bertz CT molecular complexity index is 381. The summed E-state index contributed by atoms with van der Waals surface area (Å²) < 4.78 is 5.49. The van der Waals surface area contributed by atoms with E-state index < -0.39 is 0 Å². The fraction of sp³-hybridized carbons (Fsp3) is 0.600. The highest BCUT2D eigenvalue weighted by molar-refractivity contribution is 5.45. The second-order valence-electron chi connectivity index (χ2n) is 5.03. The van der Waals surface area contributed by atoms with Gasteiger partial charge in [0.05, 0.1) is 7.11 Å². The van der Waals surface area contributed by atoms with Crippen LogP contribution in [0.2, 0.25) is 0 Å². The van der Waals surface area contributed by atoms with Gasteiger partial charge in [-0.1, -0.05) is 31.9 Å². The Kier molecular flexibility index (Phi) is 3.72. The molecule has 1 fully saturated rings. The van der Waals surface area contributed by atoms with Gasteiger partial charge in [-0.25, -0.2) is 0 Å². The Labute approximate surface area is 104 Å². The molecule has 1 saturated carbocycles. The Hall–Kier alpha value is -1.02. The first kappa shape index (κ1) is 12.4. The molecule has 0 aliphatic heterocycles. The minimum atomic E-state index is 0.208. The van der Waals surface area contributed by atoms with Gasteiger partial charge in [-0.05, 0) is 36.5 Å². The third-order valence-electron chi connectivity index (χ3n) is 4.23. The third kappa shape index (κ3) is 2.06. The number of nitrogens with two attached hydrogens (primary N) is 1. The van der Waals surface area contributed by atoms with Crippen LogP contribution in [0.25, 0.3) is 0 Å². The van der Waals surface area contributed by atoms with E-state index in [1.807, 2.05) is 0 Å². The van der Waals surface area contributed by atoms with Gasteiger partial charge in [-0.2, -0.15) is 0 Å². The number of hydrogen-bond acceptors (Lipinski definition) is 2. The molecule has 1 aromatic carbocycles. The maximum Gasteiger partial charge on any atom is 0.122 e. The van der Waals surface area contributed by atoms with Crippen molar-refractivity contribution in [2.75, 3.05) is 13.7 Å². The van der Waals surface area contributed by atoms with Crippen molar-refractivity contribution < 1.29 is 4.74 Å². The van der Waals surface area contributed by atoms with E-state index in [9.17, 15) is 0 Å². The molecule has 0 spiro atoms. The van der Waals surface area contributed by atoms with Crippen LogP contribution in [0.1, 0.15) is 43.7 Å². The van der Waals surface area contributed by atoms with E-state index in [2.05, 4.69) is 25.1 Å². The van der Waals surface area contributed by atoms with Crippen LogP contribution in [-0.2, 0) is 11.8 Å². The average Bonchev–Trinajstić information content (AvgIpc) is 2.87. The van der Waals surface area contributed by atoms with E-state index in [1.54, 1.807) is 7.11 Å². The Morgan fingerprint density at radius 2 is 2.00 bits per heavy atom. The van der Waals surface area contributed by atoms with Gasteiger partial charge >= 0.3 is 0 Å². The lowest BCUT2D eigenvalue weighted by atomic mass is 9.76. The molecule has 94 valence electrons. The largest absolute Gasteiger partial charge is 0.496 e. The molecule has 0 bridgehead atoms. The standard InChI is InChI=1S/C15H23NO/c1-3-12-13(7-6-8-14(12)17-2)15(11-16)9-4-5-10-15/h6-8H,3-5,9-11,16H2,1-2H3. The fourth-order valence-electron chi connectivity index (χ4n) is 3.25. The quantitative estimate of drug-likeness (QED) is 0.867. The van der Waals surface area contributed by atoms with Gasteiger partial charge in [0.25, 0.3) is 0 Å². The maximum absolute atomic E-state index is 6.08. The summed E-state index contributed by atoms with van der Waals surface area (Å²) in [4.78, 5) is 0. The molecule has 0 saturated heterocycles. The first-order valence-corrected chi connectivity index (χ1v) is 6.64. The van der Waals surface area contributed by atoms with Crippen LogP contribution in [0.5, 0.6) is 5.75 Å². The highest BCUT2D eigenvalue weighted by Gasteiger charge is 2.36. The lowest BCUT2D eigenvalue weighted by molar-refractivity contribution is 0.401. The topological polar surface area (TPSA) is 35.2 Å². The van der Waals surface area contributed by atoms with Gasteiger partial charge in [-0.15, -0.1) is 0 Å². The predicted octanol–water partition coefficient (Wildman–Crippen LogP) is 3.03. The summed E-state index contributed by atoms with van der Waals surface area (Å²) in [5.41, 5.74) is 9.06. The maximum atomic E-state index is 6.08. The zero-order chi connectivity index (χ0) is 12.3. The molecule has 0 heterocycles. The molecule has 0 unspecified atom stereocenters. The van der Waals surface area contributed by atoms with Crippen LogP contribution in [0.15, 0.2) is 18.2 Å². The highest BCUT2D eigenvalue weighted by atomic mass is 16.5. The molecule has 2 N–H and O–H groups in total. The summed E-state index contributed by atoms with van der Waals surface area (Å²) >= 11 is 0. The minimum Gasteiger partial charge on any atom is -0.496 e. The summed E-state index contributed by atoms with van der Waals surface area (Å²) in [5, 5.41) is 0. The van der Waals surface area contributed by atoms with E-state index in [-0.39, 0.29) is 5.41 Å². The van der Waals surface area contributed by atoms with E-state index in [4.69, 9.17) is 10.5 Å². The van der Waals surface area contributed by atoms with E-state index in [0.29, 0.717) is 0 Å². The lowest BCUT2D eigenvalue weighted by Crippen LogP contribution is -2.33. The SMILES string of the molecule is CCc1c(OC)cccc1C1(CN)CCCC1. The van der Waals surface area contributed by atoms with E-state index in [0.717, 1.165) is 18.7 Å². The number of ether oxygens (including phenoxy) is 1. The molecule has 2 rings (SSSR count). The zero-order valence-corrected chi connectivity index (χ0v) is 11.0. The molecule has 2 heteroatoms. The van der Waals surface area contributed by atoms with E-state index in [1.165, 1.54) is 36.8 Å². The Balaban J connectivity index is 2.49. The molecular weight excluding hydrogens is 210 g/mol. The second-order valence-corrected chi connectivity index (χ2v) is 5.03. The third-order valence-corrected chi connectivity index (χ3v) is 4.23. The predicted molar refractivity (Wildman–Crippen MR) is 71.6 cm³/mol. The summed E-state index contributed by atoms with van der Waals surface area (Å²) in [6, 6.07) is 6.41. The van der Waals surface area contributed by atoms with Crippen LogP contribution in [0, 0.1) is 0 Å². The second kappa shape index (κ2) is 5.09. The molecule has 0 radical (unpaired) electrons. The molecule has 1 aliphatic carbocycles. The molecule has 1 aromatic rings. The van der Waals surface area contributed by atoms with Gasteiger partial charge < -0.3 is 10.5 Å². The van der Waals surface area contributed by atoms with Crippen molar-refractivity contribution in [2.45, 2.75) is 44.4 Å². The number of benzene rings is 1. The van der Waals surface area contributed by atoms with Crippen LogP contribution in [0.3, 0.4) is 0 Å². The van der Waals surface area contributed by atoms with Gasteiger partial charge in [0.1, 0.15) is 5.75 Å². The van der Waals surface area contributed by atoms with Crippen molar-refractivity contribution in [3.8, 4) is 5.75 Å². The number of hydrogen-bond donors (Lipinski definition) is 1. The van der Waals surface area contributed by atoms with Gasteiger partial charge in [0, 0.05) is 12.0 Å². The zero-order valence-electron chi connectivity index (χ0n) is 11.0. The van der Waals surface area contributed by atoms with Crippen LogP contribution in [0.4, 0.5) is 0 Å². The monoisotopic (exact) mass is 233 g/mol. The van der Waals surface area contributed by atoms with Crippen molar-refractivity contribution in [1.82, 2.24) is 0 Å². The number of rotatable bonds is 4. The molecular formula is C15H23NO. The Morgan fingerprint density at radius 1 is 1.29 bits per heavy atom. The lowest BCUT2D eigenvalue weighted by Gasteiger charge is -2.30. The summed E-state index contributed by atoms with van der Waals surface area (Å²) in [7, 11) is 1.75. The van der Waals surface area contributed by atoms with Crippen LogP contribution < -0.4 is 10.5 Å². The van der Waals surface area contributed by atoms with E-state index >= 15 is 0 Å². The first-order chi connectivity index (χ1) is 8.27. The Morgan fingerprint density at radius 3 is 2.53 bits per heavy atom. The fourth-order valence-corrected chi connectivity index (χ4v) is 3.25. The molecule has 1 aliphatic rings. The van der Waals surface area contributed by atoms with Crippen LogP contribution in [-0.4, -0.2) is 13.7 Å². The first-order valence-electron chi connectivity index (χ1n) is 6.64. The van der Waals surface area contributed by atoms with Gasteiger partial charge in [0.2, 0.25) is 0 Å². The van der Waals surface area contributed by atoms with Gasteiger partial charge in [-0.3, -0.25) is 0 Å². The average molecular weight is 233 g/mol. The smallest absolute Gasteiger partial charge is 0.122 e. The highest BCUT2D eigenvalue weighted by Crippen LogP contribution is 2.43. The molecule has 17 heavy (non-hydrogen) atoms. The summed E-state index contributed by atoms with van der Waals surface area (Å²) in [5.74, 6) is 1.02. The molecule has 2 nitrogen and oxygen atoms in total. The molecule has 0 amide bonds. The van der Waals surface area contributed by atoms with Crippen molar-refractivity contribution in [1.29, 1.82) is 0 Å². The van der Waals surface area contributed by atoms with Crippen LogP contribution >= 0.6 is 0 Å².